The third kappa shape index (κ3) is 4.92. The molecule has 0 saturated carbocycles. The van der Waals surface area contributed by atoms with Gasteiger partial charge in [0.1, 0.15) is 24.1 Å². The first-order chi connectivity index (χ1) is 17.7. The van der Waals surface area contributed by atoms with E-state index in [9.17, 15) is 4.79 Å². The van der Waals surface area contributed by atoms with Crippen LogP contribution in [0.15, 0.2) is 65.5 Å². The number of aromatic nitrogens is 2. The summed E-state index contributed by atoms with van der Waals surface area (Å²) in [6, 6.07) is 15.2. The summed E-state index contributed by atoms with van der Waals surface area (Å²) in [4.78, 5) is 19.5. The fraction of sp³-hybridized carbons (Fsp3) is 0.370. The monoisotopic (exact) mass is 489 g/mol. The number of ether oxygens (including phenoxy) is 2. The van der Waals surface area contributed by atoms with Crippen LogP contribution in [-0.2, 0) is 11.3 Å². The van der Waals surface area contributed by atoms with E-state index in [1.165, 1.54) is 0 Å². The van der Waals surface area contributed by atoms with Gasteiger partial charge in [0.25, 0.3) is 5.91 Å². The molecule has 2 aliphatic rings. The Balaban J connectivity index is 1.26. The normalized spacial score (nSPS) is 19.0. The third-order valence-corrected chi connectivity index (χ3v) is 6.33. The quantitative estimate of drug-likeness (QED) is 0.418. The molecule has 1 fully saturated rings. The molecule has 2 atom stereocenters. The first-order valence-electron chi connectivity index (χ1n) is 12.5. The van der Waals surface area contributed by atoms with Crippen molar-refractivity contribution in [3.05, 3.63) is 72.4 Å². The average molecular weight is 490 g/mol. The minimum atomic E-state index is -0.329. The minimum absolute atomic E-state index is 0.0218. The first-order valence-corrected chi connectivity index (χ1v) is 12.5. The number of nitrogens with zero attached hydrogens (tertiary/aromatic N) is 4. The van der Waals surface area contributed by atoms with Gasteiger partial charge in [-0.3, -0.25) is 4.79 Å². The molecule has 1 aromatic heterocycles. The topological polar surface area (TPSA) is 93.0 Å². The van der Waals surface area contributed by atoms with Crippen molar-refractivity contribution in [1.29, 1.82) is 0 Å². The van der Waals surface area contributed by atoms with E-state index < -0.39 is 0 Å². The predicted octanol–water partition coefficient (Wildman–Crippen LogP) is 4.45. The molecule has 1 amide bonds. The Bertz CT molecular complexity index is 1230. The highest BCUT2D eigenvalue weighted by Crippen LogP contribution is 2.36. The van der Waals surface area contributed by atoms with Gasteiger partial charge in [-0.2, -0.15) is 4.98 Å². The Morgan fingerprint density at radius 2 is 1.86 bits per heavy atom. The molecule has 9 heteroatoms. The highest BCUT2D eigenvalue weighted by Gasteiger charge is 2.41. The fourth-order valence-electron chi connectivity index (χ4n) is 4.50. The molecule has 2 aliphatic heterocycles. The van der Waals surface area contributed by atoms with Gasteiger partial charge in [-0.1, -0.05) is 48.8 Å². The number of nitrogens with one attached hydrogen (secondary N) is 1. The third-order valence-electron chi connectivity index (χ3n) is 6.33. The zero-order valence-corrected chi connectivity index (χ0v) is 20.6. The second-order valence-electron chi connectivity index (χ2n) is 8.79. The molecule has 3 aromatic rings. The number of carbonyl (C=O) groups is 1. The van der Waals surface area contributed by atoms with E-state index >= 15 is 0 Å². The molecule has 5 rings (SSSR count). The van der Waals surface area contributed by atoms with E-state index in [0.29, 0.717) is 37.1 Å². The SMILES string of the molecule is CCCCOc1ccccc1C1CC2C(=O)N(Cc3nc(-c4ccccc4OCC)no3)C=CN2N1. The highest BCUT2D eigenvalue weighted by atomic mass is 16.5. The number of para-hydroxylation sites is 2. The van der Waals surface area contributed by atoms with Crippen LogP contribution in [0, 0.1) is 0 Å². The molecular formula is C27H31N5O4. The smallest absolute Gasteiger partial charge is 0.251 e. The van der Waals surface area contributed by atoms with Gasteiger partial charge < -0.3 is 23.9 Å². The number of benzene rings is 2. The van der Waals surface area contributed by atoms with Crippen LogP contribution in [0.1, 0.15) is 50.6 Å². The number of amides is 1. The van der Waals surface area contributed by atoms with E-state index in [-0.39, 0.29) is 24.5 Å². The molecule has 0 bridgehead atoms. The highest BCUT2D eigenvalue weighted by molar-refractivity contribution is 5.84. The Morgan fingerprint density at radius 3 is 2.69 bits per heavy atom. The van der Waals surface area contributed by atoms with Crippen LogP contribution in [0.3, 0.4) is 0 Å². The first kappa shape index (κ1) is 23.9. The molecule has 0 radical (unpaired) electrons. The predicted molar refractivity (Wildman–Crippen MR) is 134 cm³/mol. The fourth-order valence-corrected chi connectivity index (χ4v) is 4.50. The van der Waals surface area contributed by atoms with Crippen LogP contribution in [0.25, 0.3) is 11.4 Å². The van der Waals surface area contributed by atoms with Gasteiger partial charge >= 0.3 is 0 Å². The number of carbonyl (C=O) groups excluding carboxylic acids is 1. The molecule has 3 heterocycles. The van der Waals surface area contributed by atoms with Crippen LogP contribution >= 0.6 is 0 Å². The number of hydrogen-bond acceptors (Lipinski definition) is 8. The van der Waals surface area contributed by atoms with Gasteiger partial charge in [0.15, 0.2) is 0 Å². The minimum Gasteiger partial charge on any atom is -0.493 e. The second kappa shape index (κ2) is 10.8. The summed E-state index contributed by atoms with van der Waals surface area (Å²) in [5.74, 6) is 2.33. The lowest BCUT2D eigenvalue weighted by molar-refractivity contribution is -0.135. The largest absolute Gasteiger partial charge is 0.493 e. The molecular weight excluding hydrogens is 458 g/mol. The van der Waals surface area contributed by atoms with Crippen LogP contribution < -0.4 is 14.9 Å². The zero-order chi connectivity index (χ0) is 24.9. The lowest BCUT2D eigenvalue weighted by Crippen LogP contribution is -2.47. The van der Waals surface area contributed by atoms with E-state index in [2.05, 4.69) is 28.6 Å². The van der Waals surface area contributed by atoms with Gasteiger partial charge in [0, 0.05) is 18.0 Å². The standard InChI is InChI=1S/C27H31N5O4/c1-3-5-16-35-23-12-8-6-10-19(23)21-17-22-27(33)31(14-15-32(22)29-21)18-25-28-26(30-36-25)20-11-7-9-13-24(20)34-4-2/h6-15,21-22,29H,3-5,16-18H2,1-2H3. The van der Waals surface area contributed by atoms with Crippen LogP contribution in [0.2, 0.25) is 0 Å². The van der Waals surface area contributed by atoms with Crippen molar-refractivity contribution in [2.45, 2.75) is 51.7 Å². The van der Waals surface area contributed by atoms with E-state index in [0.717, 1.165) is 29.7 Å². The van der Waals surface area contributed by atoms with Crippen molar-refractivity contribution < 1.29 is 18.8 Å². The summed E-state index contributed by atoms with van der Waals surface area (Å²) >= 11 is 0. The van der Waals surface area contributed by atoms with E-state index in [4.69, 9.17) is 14.0 Å². The van der Waals surface area contributed by atoms with Crippen molar-refractivity contribution in [3.8, 4) is 22.9 Å². The second-order valence-corrected chi connectivity index (χ2v) is 8.79. The van der Waals surface area contributed by atoms with Gasteiger partial charge in [-0.15, -0.1) is 0 Å². The van der Waals surface area contributed by atoms with Crippen molar-refractivity contribution in [2.75, 3.05) is 13.2 Å². The van der Waals surface area contributed by atoms with Crippen molar-refractivity contribution in [3.63, 3.8) is 0 Å². The van der Waals surface area contributed by atoms with Crippen molar-refractivity contribution in [1.82, 2.24) is 25.5 Å². The van der Waals surface area contributed by atoms with Gasteiger partial charge in [0.2, 0.25) is 11.7 Å². The molecule has 2 aromatic carbocycles. The van der Waals surface area contributed by atoms with Crippen LogP contribution in [0.5, 0.6) is 11.5 Å². The summed E-state index contributed by atoms with van der Waals surface area (Å²) in [6.45, 7) is 5.49. The summed E-state index contributed by atoms with van der Waals surface area (Å²) in [5, 5.41) is 5.99. The van der Waals surface area contributed by atoms with E-state index in [1.807, 2.05) is 60.6 Å². The summed E-state index contributed by atoms with van der Waals surface area (Å²) in [6.07, 6.45) is 6.34. The molecule has 9 nitrogen and oxygen atoms in total. The maximum atomic E-state index is 13.4. The number of hydrazine groups is 1. The molecule has 36 heavy (non-hydrogen) atoms. The van der Waals surface area contributed by atoms with E-state index in [1.54, 1.807) is 11.1 Å². The molecule has 1 saturated heterocycles. The number of unbranched alkanes of at least 4 members (excludes halogenated alkanes) is 1. The van der Waals surface area contributed by atoms with Gasteiger partial charge in [0.05, 0.1) is 24.8 Å². The van der Waals surface area contributed by atoms with Crippen molar-refractivity contribution >= 4 is 5.91 Å². The molecule has 0 aliphatic carbocycles. The maximum absolute atomic E-state index is 13.4. The number of rotatable bonds is 10. The Kier molecular flexibility index (Phi) is 7.18. The summed E-state index contributed by atoms with van der Waals surface area (Å²) in [7, 11) is 0. The van der Waals surface area contributed by atoms with Crippen LogP contribution in [0.4, 0.5) is 0 Å². The summed E-state index contributed by atoms with van der Waals surface area (Å²) < 4.78 is 17.2. The Morgan fingerprint density at radius 1 is 1.06 bits per heavy atom. The van der Waals surface area contributed by atoms with Crippen molar-refractivity contribution in [2.24, 2.45) is 0 Å². The average Bonchev–Trinajstić information content (AvgIpc) is 3.55. The molecule has 2 unspecified atom stereocenters. The molecule has 188 valence electrons. The van der Waals surface area contributed by atoms with Gasteiger partial charge in [-0.05, 0) is 38.0 Å². The zero-order valence-electron chi connectivity index (χ0n) is 20.6. The number of hydrogen-bond donors (Lipinski definition) is 1. The molecule has 1 N–H and O–H groups in total. The molecule has 0 spiro atoms. The lowest BCUT2D eigenvalue weighted by atomic mass is 10.00. The lowest BCUT2D eigenvalue weighted by Gasteiger charge is -2.30. The summed E-state index contributed by atoms with van der Waals surface area (Å²) in [5.41, 5.74) is 5.27. The van der Waals surface area contributed by atoms with Gasteiger partial charge in [-0.25, -0.2) is 5.43 Å². The maximum Gasteiger partial charge on any atom is 0.251 e. The Hall–Kier alpha value is -3.85. The Labute approximate surface area is 210 Å². The number of fused-ring (bicyclic) bond motifs is 1. The van der Waals surface area contributed by atoms with Crippen LogP contribution in [-0.4, -0.2) is 45.2 Å².